The molecule has 0 bridgehead atoms. The summed E-state index contributed by atoms with van der Waals surface area (Å²) in [5.74, 6) is 5.11. The molecule has 1 aliphatic rings. The molecule has 0 saturated carbocycles. The van der Waals surface area contributed by atoms with Crippen LogP contribution < -0.4 is 11.2 Å². The summed E-state index contributed by atoms with van der Waals surface area (Å²) in [6.07, 6.45) is 4.50. The predicted molar refractivity (Wildman–Crippen MR) is 105 cm³/mol. The fraction of sp³-hybridized carbons (Fsp3) is 0.368. The summed E-state index contributed by atoms with van der Waals surface area (Å²) in [5, 5.41) is 23.6. The van der Waals surface area contributed by atoms with E-state index in [4.69, 9.17) is 10.6 Å². The van der Waals surface area contributed by atoms with Crippen LogP contribution >= 0.6 is 0 Å². The molecule has 3 atom stereocenters. The van der Waals surface area contributed by atoms with E-state index in [2.05, 4.69) is 25.6 Å². The maximum absolute atomic E-state index is 11.3. The minimum atomic E-state index is -0.699. The highest BCUT2D eigenvalue weighted by Crippen LogP contribution is 2.18. The Morgan fingerprint density at radius 3 is 2.82 bits per heavy atom. The molecule has 1 aromatic carbocycles. The topological polar surface area (TPSA) is 138 Å². The minimum Gasteiger partial charge on any atom is -0.458 e. The van der Waals surface area contributed by atoms with Crippen molar-refractivity contribution in [3.05, 3.63) is 53.3 Å². The monoisotopic (exact) mass is 384 g/mol. The first-order chi connectivity index (χ1) is 13.6. The van der Waals surface area contributed by atoms with Crippen LogP contribution in [0.3, 0.4) is 0 Å². The Hall–Kier alpha value is -3.04. The molecule has 3 rings (SSSR count). The van der Waals surface area contributed by atoms with Crippen LogP contribution in [0.5, 0.6) is 0 Å². The first-order valence-electron chi connectivity index (χ1n) is 9.00. The molecular weight excluding hydrogens is 360 g/mol. The van der Waals surface area contributed by atoms with E-state index in [1.165, 1.54) is 6.92 Å². The summed E-state index contributed by atoms with van der Waals surface area (Å²) in [4.78, 5) is 15.6. The van der Waals surface area contributed by atoms with Gasteiger partial charge in [-0.3, -0.25) is 14.9 Å². The number of H-pyrrole nitrogens is 1. The highest BCUT2D eigenvalue weighted by molar-refractivity contribution is 6.38. The average molecular weight is 384 g/mol. The third kappa shape index (κ3) is 5.02. The molecule has 9 nitrogen and oxygen atoms in total. The number of nitrogens with zero attached hydrogens (tertiary/aromatic N) is 3. The number of benzene rings is 1. The molecule has 1 saturated heterocycles. The van der Waals surface area contributed by atoms with Crippen molar-refractivity contribution in [2.45, 2.75) is 38.1 Å². The molecule has 0 radical (unpaired) electrons. The number of carbonyl (C=O) groups is 1. The summed E-state index contributed by atoms with van der Waals surface area (Å²) < 4.78 is 5.25. The predicted octanol–water partition coefficient (Wildman–Crippen LogP) is 0.150. The number of hydrogen-bond acceptors (Lipinski definition) is 8. The Morgan fingerprint density at radius 1 is 1.39 bits per heavy atom. The Balaban J connectivity index is 1.62. The standard InChI is InChI=1S/C19H24N6O3/c1-12(26)28-19-16(22-11-18(19)27)6-13-2-4-15(5-3-13)17(25-20)10-21-7-14-8-23-24-9-14/h2-5,8-10,16,18-19,22,27H,6-7,11,20H2,1H3,(H,23,24)/b21-10?,25-17+/t16-,18+,19+/m1/s1. The zero-order valence-corrected chi connectivity index (χ0v) is 15.6. The van der Waals surface area contributed by atoms with E-state index in [0.29, 0.717) is 25.2 Å². The van der Waals surface area contributed by atoms with Crippen LogP contribution in [0, 0.1) is 0 Å². The number of hydrogen-bond donors (Lipinski definition) is 4. The number of nitrogens with one attached hydrogen (secondary N) is 2. The second-order valence-electron chi connectivity index (χ2n) is 6.65. The fourth-order valence-electron chi connectivity index (χ4n) is 3.16. The number of esters is 1. The second-order valence-corrected chi connectivity index (χ2v) is 6.65. The molecule has 148 valence electrons. The molecule has 0 spiro atoms. The van der Waals surface area contributed by atoms with Crippen LogP contribution in [-0.2, 0) is 22.5 Å². The van der Waals surface area contributed by atoms with Crippen LogP contribution in [0.1, 0.15) is 23.6 Å². The van der Waals surface area contributed by atoms with Gasteiger partial charge in [-0.05, 0) is 12.0 Å². The number of β-amino-alcohol motifs (C(OH)–C–C–N with tert-alkyl or cyclic N) is 1. The number of aliphatic hydroxyl groups excluding tert-OH is 1. The first kappa shape index (κ1) is 19.7. The molecule has 1 aromatic heterocycles. The zero-order valence-electron chi connectivity index (χ0n) is 15.6. The van der Waals surface area contributed by atoms with Crippen LogP contribution in [0.2, 0.25) is 0 Å². The third-order valence-electron chi connectivity index (χ3n) is 4.55. The van der Waals surface area contributed by atoms with Crippen molar-refractivity contribution in [3.63, 3.8) is 0 Å². The number of aliphatic imine (C=N–C) groups is 1. The van der Waals surface area contributed by atoms with E-state index in [0.717, 1.165) is 16.7 Å². The van der Waals surface area contributed by atoms with Gasteiger partial charge in [0, 0.05) is 37.0 Å². The number of aromatic amines is 1. The lowest BCUT2D eigenvalue weighted by Gasteiger charge is -2.21. The van der Waals surface area contributed by atoms with Crippen LogP contribution in [0.25, 0.3) is 0 Å². The number of aromatic nitrogens is 2. The van der Waals surface area contributed by atoms with E-state index in [1.54, 1.807) is 18.6 Å². The van der Waals surface area contributed by atoms with E-state index in [-0.39, 0.29) is 6.04 Å². The van der Waals surface area contributed by atoms with Gasteiger partial charge in [-0.1, -0.05) is 24.3 Å². The van der Waals surface area contributed by atoms with E-state index in [9.17, 15) is 9.90 Å². The second kappa shape index (κ2) is 9.25. The Morgan fingerprint density at radius 2 is 2.18 bits per heavy atom. The van der Waals surface area contributed by atoms with Crippen molar-refractivity contribution in [2.75, 3.05) is 6.54 Å². The Kier molecular flexibility index (Phi) is 6.51. The van der Waals surface area contributed by atoms with Crippen molar-refractivity contribution in [3.8, 4) is 0 Å². The van der Waals surface area contributed by atoms with E-state index < -0.39 is 18.2 Å². The maximum atomic E-state index is 11.3. The lowest BCUT2D eigenvalue weighted by atomic mass is 9.99. The van der Waals surface area contributed by atoms with Crippen LogP contribution in [0.15, 0.2) is 46.8 Å². The summed E-state index contributed by atoms with van der Waals surface area (Å²) in [5.41, 5.74) is 3.43. The van der Waals surface area contributed by atoms with Crippen molar-refractivity contribution in [1.29, 1.82) is 0 Å². The Bertz CT molecular complexity index is 832. The molecule has 5 N–H and O–H groups in total. The summed E-state index contributed by atoms with van der Waals surface area (Å²) in [6.45, 7) is 2.23. The number of hydrazone groups is 1. The number of rotatable bonds is 7. The fourth-order valence-corrected chi connectivity index (χ4v) is 3.16. The number of aliphatic hydroxyl groups is 1. The van der Waals surface area contributed by atoms with Crippen molar-refractivity contribution >= 4 is 17.9 Å². The zero-order chi connectivity index (χ0) is 19.9. The van der Waals surface area contributed by atoms with Gasteiger partial charge in [-0.25, -0.2) is 0 Å². The summed E-state index contributed by atoms with van der Waals surface area (Å²) in [6, 6.07) is 7.61. The number of ether oxygens (including phenoxy) is 1. The summed E-state index contributed by atoms with van der Waals surface area (Å²) >= 11 is 0. The lowest BCUT2D eigenvalue weighted by molar-refractivity contribution is -0.151. The molecule has 9 heteroatoms. The number of nitrogens with two attached hydrogens (primary N) is 1. The van der Waals surface area contributed by atoms with Gasteiger partial charge in [0.25, 0.3) is 0 Å². The molecule has 28 heavy (non-hydrogen) atoms. The van der Waals surface area contributed by atoms with Gasteiger partial charge in [0.1, 0.15) is 17.9 Å². The lowest BCUT2D eigenvalue weighted by Crippen LogP contribution is -2.38. The molecular formula is C19H24N6O3. The van der Waals surface area contributed by atoms with Gasteiger partial charge in [0.2, 0.25) is 0 Å². The SMILES string of the molecule is CC(=O)O[C@@H]1[C@@H](O)CN[C@@H]1Cc1ccc(/C(C=NCc2cn[nH]c2)=N/N)cc1. The van der Waals surface area contributed by atoms with Crippen molar-refractivity contribution in [2.24, 2.45) is 15.9 Å². The molecule has 2 heterocycles. The van der Waals surface area contributed by atoms with Crippen molar-refractivity contribution in [1.82, 2.24) is 15.5 Å². The van der Waals surface area contributed by atoms with Crippen LogP contribution in [-0.4, -0.2) is 58.0 Å². The molecule has 0 unspecified atom stereocenters. The summed E-state index contributed by atoms with van der Waals surface area (Å²) in [7, 11) is 0. The Labute approximate surface area is 162 Å². The van der Waals surface area contributed by atoms with Gasteiger partial charge < -0.3 is 21.0 Å². The minimum absolute atomic E-state index is 0.135. The van der Waals surface area contributed by atoms with Crippen LogP contribution in [0.4, 0.5) is 0 Å². The first-order valence-corrected chi connectivity index (χ1v) is 9.00. The van der Waals surface area contributed by atoms with Gasteiger partial charge in [-0.2, -0.15) is 10.2 Å². The third-order valence-corrected chi connectivity index (χ3v) is 4.55. The quantitative estimate of drug-likeness (QED) is 0.232. The highest BCUT2D eigenvalue weighted by Gasteiger charge is 2.37. The molecule has 2 aromatic rings. The molecule has 1 aliphatic heterocycles. The van der Waals surface area contributed by atoms with E-state index in [1.807, 2.05) is 24.3 Å². The molecule has 0 aliphatic carbocycles. The normalized spacial score (nSPS) is 22.6. The molecule has 1 fully saturated rings. The average Bonchev–Trinajstić information content (AvgIpc) is 3.31. The molecule has 0 amide bonds. The van der Waals surface area contributed by atoms with Gasteiger partial charge >= 0.3 is 5.97 Å². The van der Waals surface area contributed by atoms with E-state index >= 15 is 0 Å². The van der Waals surface area contributed by atoms with Gasteiger partial charge in [0.05, 0.1) is 18.8 Å². The van der Waals surface area contributed by atoms with Gasteiger partial charge in [0.15, 0.2) is 0 Å². The van der Waals surface area contributed by atoms with Crippen molar-refractivity contribution < 1.29 is 14.6 Å². The van der Waals surface area contributed by atoms with Gasteiger partial charge in [-0.15, -0.1) is 0 Å². The smallest absolute Gasteiger partial charge is 0.303 e. The maximum Gasteiger partial charge on any atom is 0.303 e. The highest BCUT2D eigenvalue weighted by atomic mass is 16.6. The number of carbonyl (C=O) groups excluding carboxylic acids is 1. The largest absolute Gasteiger partial charge is 0.458 e.